The van der Waals surface area contributed by atoms with Gasteiger partial charge in [0.25, 0.3) is 0 Å². The fourth-order valence-electron chi connectivity index (χ4n) is 1.62. The minimum absolute atomic E-state index is 0.242. The van der Waals surface area contributed by atoms with Gasteiger partial charge in [-0.1, -0.05) is 29.3 Å². The molecule has 0 spiro atoms. The molecule has 0 radical (unpaired) electrons. The van der Waals surface area contributed by atoms with Crippen molar-refractivity contribution in [1.29, 1.82) is 5.26 Å². The highest BCUT2D eigenvalue weighted by molar-refractivity contribution is 7.95. The zero-order valence-electron chi connectivity index (χ0n) is 10.6. The van der Waals surface area contributed by atoms with Crippen molar-refractivity contribution in [3.63, 3.8) is 0 Å². The predicted octanol–water partition coefficient (Wildman–Crippen LogP) is 4.07. The maximum absolute atomic E-state index is 12.3. The van der Waals surface area contributed by atoms with Gasteiger partial charge in [0.15, 0.2) is 9.84 Å². The fraction of sp³-hybridized carbons (Fsp3) is 0.0714. The lowest BCUT2D eigenvalue weighted by molar-refractivity contribution is 0.567. The first-order chi connectivity index (χ1) is 9.92. The van der Waals surface area contributed by atoms with Gasteiger partial charge in [-0.25, -0.2) is 8.42 Å². The molecule has 0 amide bonds. The summed E-state index contributed by atoms with van der Waals surface area (Å²) in [6.07, 6.45) is 3.99. The molecule has 1 aromatic heterocycles. The third kappa shape index (κ3) is 3.88. The number of rotatable bonds is 4. The van der Waals surface area contributed by atoms with Gasteiger partial charge in [-0.2, -0.15) is 5.26 Å². The smallest absolute Gasteiger partial charge is 0.192 e. The third-order valence-corrected chi connectivity index (χ3v) is 4.80. The van der Waals surface area contributed by atoms with E-state index in [0.717, 1.165) is 0 Å². The van der Waals surface area contributed by atoms with Crippen LogP contribution in [0.3, 0.4) is 0 Å². The maximum atomic E-state index is 12.3. The highest BCUT2D eigenvalue weighted by Crippen LogP contribution is 2.25. The monoisotopic (exact) mass is 341 g/mol. The predicted molar refractivity (Wildman–Crippen MR) is 81.4 cm³/mol. The molecular formula is C14H9Cl2NO3S. The molecule has 21 heavy (non-hydrogen) atoms. The Bertz CT molecular complexity index is 818. The van der Waals surface area contributed by atoms with E-state index in [-0.39, 0.29) is 15.7 Å². The molecule has 0 saturated carbocycles. The van der Waals surface area contributed by atoms with E-state index in [2.05, 4.69) is 0 Å². The number of halogens is 2. The Labute approximate surface area is 132 Å². The van der Waals surface area contributed by atoms with Gasteiger partial charge in [0.2, 0.25) is 0 Å². The maximum Gasteiger partial charge on any atom is 0.192 e. The average Bonchev–Trinajstić information content (AvgIpc) is 2.92. The van der Waals surface area contributed by atoms with E-state index in [9.17, 15) is 8.42 Å². The molecule has 0 aliphatic carbocycles. The van der Waals surface area contributed by atoms with Crippen molar-refractivity contribution in [2.75, 3.05) is 0 Å². The molecule has 0 fully saturated rings. The molecule has 0 atom stereocenters. The lowest BCUT2D eigenvalue weighted by Gasteiger charge is -2.05. The van der Waals surface area contributed by atoms with Gasteiger partial charge in [-0.15, -0.1) is 0 Å². The number of sulfone groups is 1. The average molecular weight is 342 g/mol. The first-order valence-corrected chi connectivity index (χ1v) is 8.14. The molecule has 108 valence electrons. The van der Waals surface area contributed by atoms with Crippen LogP contribution in [0, 0.1) is 11.3 Å². The number of nitrogens with zero attached hydrogens (tertiary/aromatic N) is 1. The second kappa shape index (κ2) is 6.35. The minimum atomic E-state index is -3.81. The molecule has 0 N–H and O–H groups in total. The van der Waals surface area contributed by atoms with Gasteiger partial charge in [-0.3, -0.25) is 0 Å². The number of nitriles is 1. The van der Waals surface area contributed by atoms with Crippen LogP contribution in [0.2, 0.25) is 10.0 Å². The van der Waals surface area contributed by atoms with E-state index >= 15 is 0 Å². The first kappa shape index (κ1) is 15.6. The zero-order valence-corrected chi connectivity index (χ0v) is 12.9. The summed E-state index contributed by atoms with van der Waals surface area (Å²) in [4.78, 5) is -0.352. The molecule has 0 aliphatic heterocycles. The lowest BCUT2D eigenvalue weighted by atomic mass is 10.2. The Balaban J connectivity index is 2.35. The van der Waals surface area contributed by atoms with Gasteiger partial charge < -0.3 is 4.42 Å². The van der Waals surface area contributed by atoms with E-state index in [1.165, 1.54) is 30.7 Å². The van der Waals surface area contributed by atoms with Crippen LogP contribution in [-0.2, 0) is 15.6 Å². The molecule has 0 aliphatic rings. The molecule has 0 saturated heterocycles. The number of benzene rings is 1. The summed E-state index contributed by atoms with van der Waals surface area (Å²) in [7, 11) is -3.81. The first-order valence-electron chi connectivity index (χ1n) is 5.73. The normalized spacial score (nSPS) is 12.1. The molecule has 0 unspecified atom stereocenters. The van der Waals surface area contributed by atoms with E-state index in [4.69, 9.17) is 32.9 Å². The number of hydrogen-bond donors (Lipinski definition) is 0. The van der Waals surface area contributed by atoms with Crippen LogP contribution in [0.25, 0.3) is 6.08 Å². The van der Waals surface area contributed by atoms with Gasteiger partial charge >= 0.3 is 0 Å². The molecule has 0 bridgehead atoms. The van der Waals surface area contributed by atoms with Crippen LogP contribution in [-0.4, -0.2) is 8.42 Å². The largest absolute Gasteiger partial charge is 0.472 e. The van der Waals surface area contributed by atoms with Crippen molar-refractivity contribution in [3.05, 3.63) is 62.9 Å². The summed E-state index contributed by atoms with van der Waals surface area (Å²) in [6.45, 7) is 0. The fourth-order valence-corrected chi connectivity index (χ4v) is 3.45. The van der Waals surface area contributed by atoms with Crippen molar-refractivity contribution < 1.29 is 12.8 Å². The van der Waals surface area contributed by atoms with Crippen LogP contribution < -0.4 is 0 Å². The van der Waals surface area contributed by atoms with E-state index in [0.29, 0.717) is 16.1 Å². The number of furan rings is 1. The second-order valence-electron chi connectivity index (χ2n) is 4.17. The highest BCUT2D eigenvalue weighted by atomic mass is 35.5. The molecule has 4 nitrogen and oxygen atoms in total. The van der Waals surface area contributed by atoms with Crippen LogP contribution in [0.1, 0.15) is 11.1 Å². The molecule has 1 aromatic carbocycles. The van der Waals surface area contributed by atoms with Crippen LogP contribution >= 0.6 is 23.2 Å². The van der Waals surface area contributed by atoms with Gasteiger partial charge in [0.1, 0.15) is 11.0 Å². The Morgan fingerprint density at radius 3 is 2.67 bits per heavy atom. The highest BCUT2D eigenvalue weighted by Gasteiger charge is 2.20. The molecule has 1 heterocycles. The Kier molecular flexibility index (Phi) is 4.73. The Morgan fingerprint density at radius 1 is 1.33 bits per heavy atom. The van der Waals surface area contributed by atoms with Crippen molar-refractivity contribution in [3.8, 4) is 6.07 Å². The van der Waals surface area contributed by atoms with Crippen LogP contribution in [0.15, 0.2) is 46.1 Å². The summed E-state index contributed by atoms with van der Waals surface area (Å²) >= 11 is 11.7. The van der Waals surface area contributed by atoms with Gasteiger partial charge in [0, 0.05) is 15.6 Å². The van der Waals surface area contributed by atoms with Crippen LogP contribution in [0.5, 0.6) is 0 Å². The van der Waals surface area contributed by atoms with Crippen molar-refractivity contribution >= 4 is 39.1 Å². The van der Waals surface area contributed by atoms with E-state index in [1.54, 1.807) is 18.2 Å². The van der Waals surface area contributed by atoms with Gasteiger partial charge in [0.05, 0.1) is 18.3 Å². The van der Waals surface area contributed by atoms with E-state index in [1.807, 2.05) is 0 Å². The number of allylic oxidation sites excluding steroid dienone is 1. The molecule has 7 heteroatoms. The summed E-state index contributed by atoms with van der Waals surface area (Å²) in [6, 6.07) is 7.78. The SMILES string of the molecule is N#CC(=Cc1ccoc1)S(=O)(=O)Cc1ccc(Cl)cc1Cl. The van der Waals surface area contributed by atoms with Crippen molar-refractivity contribution in [1.82, 2.24) is 0 Å². The molecular weight excluding hydrogens is 333 g/mol. The summed E-state index contributed by atoms with van der Waals surface area (Å²) in [5.74, 6) is -0.375. The lowest BCUT2D eigenvalue weighted by Crippen LogP contribution is -2.06. The quantitative estimate of drug-likeness (QED) is 0.786. The van der Waals surface area contributed by atoms with E-state index < -0.39 is 9.84 Å². The summed E-state index contributed by atoms with van der Waals surface area (Å²) in [5, 5.41) is 9.72. The molecule has 2 rings (SSSR count). The Morgan fingerprint density at radius 2 is 2.10 bits per heavy atom. The van der Waals surface area contributed by atoms with Crippen molar-refractivity contribution in [2.24, 2.45) is 0 Å². The Hall–Kier alpha value is -1.74. The van der Waals surface area contributed by atoms with Crippen LogP contribution in [0.4, 0.5) is 0 Å². The van der Waals surface area contributed by atoms with Gasteiger partial charge in [-0.05, 0) is 29.8 Å². The summed E-state index contributed by atoms with van der Waals surface area (Å²) in [5.41, 5.74) is 0.881. The topological polar surface area (TPSA) is 71.1 Å². The third-order valence-electron chi connectivity index (χ3n) is 2.65. The zero-order chi connectivity index (χ0) is 15.5. The standard InChI is InChI=1S/C14H9Cl2NO3S/c15-12-2-1-11(14(16)6-12)9-21(18,19)13(7-17)5-10-3-4-20-8-10/h1-6,8H,9H2. The minimum Gasteiger partial charge on any atom is -0.472 e. The number of hydrogen-bond acceptors (Lipinski definition) is 4. The molecule has 2 aromatic rings. The van der Waals surface area contributed by atoms with Crippen molar-refractivity contribution in [2.45, 2.75) is 5.75 Å². The summed E-state index contributed by atoms with van der Waals surface area (Å²) < 4.78 is 29.4. The second-order valence-corrected chi connectivity index (χ2v) is 6.97.